The number of nitrogens with one attached hydrogen (secondary N) is 2. The van der Waals surface area contributed by atoms with Crippen LogP contribution < -0.4 is 10.2 Å². The summed E-state index contributed by atoms with van der Waals surface area (Å²) in [6.45, 7) is 0. The zero-order valence-electron chi connectivity index (χ0n) is 16.1. The Labute approximate surface area is 172 Å². The fourth-order valence-corrected chi connectivity index (χ4v) is 3.79. The third-order valence-electron chi connectivity index (χ3n) is 4.40. The third-order valence-corrected chi connectivity index (χ3v) is 5.47. The molecule has 7 nitrogen and oxygen atoms in total. The highest BCUT2D eigenvalue weighted by atomic mass is 32.2. The molecule has 2 aromatic heterocycles. The fraction of sp³-hybridized carbons (Fsp3) is 0.143. The molecule has 0 fully saturated rings. The van der Waals surface area contributed by atoms with E-state index >= 15 is 0 Å². The zero-order valence-corrected chi connectivity index (χ0v) is 16.9. The molecule has 2 heterocycles. The Hall–Kier alpha value is -3.39. The van der Waals surface area contributed by atoms with Crippen molar-refractivity contribution in [1.29, 1.82) is 0 Å². The number of carbonyl (C=O) groups is 1. The number of rotatable bonds is 6. The molecule has 146 valence electrons. The number of benzene rings is 2. The summed E-state index contributed by atoms with van der Waals surface area (Å²) in [5, 5.41) is 11.6. The van der Waals surface area contributed by atoms with Crippen molar-refractivity contribution in [2.75, 3.05) is 24.3 Å². The molecule has 0 spiro atoms. The van der Waals surface area contributed by atoms with Gasteiger partial charge < -0.3 is 10.2 Å². The Balaban J connectivity index is 1.46. The molecular formula is C21H20N6OS. The van der Waals surface area contributed by atoms with Gasteiger partial charge in [-0.25, -0.2) is 9.97 Å². The summed E-state index contributed by atoms with van der Waals surface area (Å²) in [6.07, 6.45) is 3.25. The van der Waals surface area contributed by atoms with Crippen LogP contribution in [0.3, 0.4) is 0 Å². The molecule has 4 aromatic rings. The molecule has 0 aliphatic carbocycles. The number of hydrogen-bond acceptors (Lipinski definition) is 6. The Morgan fingerprint density at radius 2 is 2.00 bits per heavy atom. The first-order valence-electron chi connectivity index (χ1n) is 9.05. The summed E-state index contributed by atoms with van der Waals surface area (Å²) in [4.78, 5) is 23.2. The number of thioether (sulfide) groups is 1. The maximum absolute atomic E-state index is 12.7. The van der Waals surface area contributed by atoms with E-state index in [1.54, 1.807) is 18.0 Å². The van der Waals surface area contributed by atoms with Gasteiger partial charge in [0.1, 0.15) is 11.4 Å². The normalized spacial score (nSPS) is 10.8. The largest absolute Gasteiger partial charge is 0.378 e. The number of carbonyl (C=O) groups excluding carboxylic acids is 1. The lowest BCUT2D eigenvalue weighted by molar-refractivity contribution is 0.102. The number of hydrogen-bond donors (Lipinski definition) is 2. The quantitative estimate of drug-likeness (QED) is 0.374. The molecule has 0 aliphatic heterocycles. The van der Waals surface area contributed by atoms with Gasteiger partial charge in [0.15, 0.2) is 5.65 Å². The summed E-state index contributed by atoms with van der Waals surface area (Å²) in [5.74, 6) is 0.557. The number of anilines is 2. The van der Waals surface area contributed by atoms with Gasteiger partial charge in [0.2, 0.25) is 0 Å². The second kappa shape index (κ2) is 8.32. The minimum atomic E-state index is -0.132. The van der Waals surface area contributed by atoms with Crippen molar-refractivity contribution in [3.05, 3.63) is 72.2 Å². The molecule has 0 aliphatic rings. The van der Waals surface area contributed by atoms with E-state index in [2.05, 4.69) is 25.5 Å². The number of amides is 1. The summed E-state index contributed by atoms with van der Waals surface area (Å²) in [6, 6.07) is 15.4. The molecule has 0 bridgehead atoms. The molecular weight excluding hydrogens is 384 g/mol. The van der Waals surface area contributed by atoms with Crippen LogP contribution in [0.15, 0.2) is 66.1 Å². The smallest absolute Gasteiger partial charge is 0.255 e. The average Bonchev–Trinajstić information content (AvgIpc) is 3.22. The van der Waals surface area contributed by atoms with Crippen molar-refractivity contribution in [3.8, 4) is 0 Å². The van der Waals surface area contributed by atoms with Crippen molar-refractivity contribution >= 4 is 40.1 Å². The molecule has 0 unspecified atom stereocenters. The third kappa shape index (κ3) is 4.38. The van der Waals surface area contributed by atoms with Gasteiger partial charge in [-0.05, 0) is 35.9 Å². The van der Waals surface area contributed by atoms with E-state index in [9.17, 15) is 4.79 Å². The lowest BCUT2D eigenvalue weighted by Crippen LogP contribution is -2.13. The highest BCUT2D eigenvalue weighted by Crippen LogP contribution is 2.26. The van der Waals surface area contributed by atoms with Gasteiger partial charge in [0.25, 0.3) is 5.91 Å². The van der Waals surface area contributed by atoms with Crippen LogP contribution in [0, 0.1) is 0 Å². The Kier molecular flexibility index (Phi) is 5.44. The van der Waals surface area contributed by atoms with Gasteiger partial charge >= 0.3 is 0 Å². The fourth-order valence-electron chi connectivity index (χ4n) is 2.88. The van der Waals surface area contributed by atoms with Crippen LogP contribution in [0.5, 0.6) is 0 Å². The first-order chi connectivity index (χ1) is 14.1. The van der Waals surface area contributed by atoms with Crippen molar-refractivity contribution in [2.45, 2.75) is 10.8 Å². The van der Waals surface area contributed by atoms with E-state index in [4.69, 9.17) is 0 Å². The summed E-state index contributed by atoms with van der Waals surface area (Å²) in [7, 11) is 3.94. The summed E-state index contributed by atoms with van der Waals surface area (Å²) in [5.41, 5.74) is 4.18. The Morgan fingerprint density at radius 1 is 1.14 bits per heavy atom. The first-order valence-corrected chi connectivity index (χ1v) is 10.0. The minimum Gasteiger partial charge on any atom is -0.378 e. The maximum Gasteiger partial charge on any atom is 0.255 e. The van der Waals surface area contributed by atoms with E-state index < -0.39 is 0 Å². The van der Waals surface area contributed by atoms with Crippen LogP contribution in [0.1, 0.15) is 15.9 Å². The Bertz CT molecular complexity index is 1160. The second-order valence-electron chi connectivity index (χ2n) is 6.70. The molecule has 4 rings (SSSR count). The standard InChI is InChI=1S/C21H20N6OS/c1-27(2)17-8-4-7-16(10-17)25-20(28)15-6-3-5-14(9-15)12-29-21-18-11-24-26-19(18)22-13-23-21/h3-11,13H,12H2,1-2H3,(H,25,28)(H,22,23,24,26). The Morgan fingerprint density at radius 3 is 2.86 bits per heavy atom. The van der Waals surface area contributed by atoms with Crippen molar-refractivity contribution in [1.82, 2.24) is 20.2 Å². The van der Waals surface area contributed by atoms with Gasteiger partial charge in [-0.1, -0.05) is 18.2 Å². The van der Waals surface area contributed by atoms with Crippen molar-refractivity contribution in [2.24, 2.45) is 0 Å². The maximum atomic E-state index is 12.7. The summed E-state index contributed by atoms with van der Waals surface area (Å²) >= 11 is 1.59. The van der Waals surface area contributed by atoms with Crippen LogP contribution in [0.2, 0.25) is 0 Å². The SMILES string of the molecule is CN(C)c1cccc(NC(=O)c2cccc(CSc3ncnc4[nH]ncc34)c2)c1. The molecule has 0 saturated carbocycles. The second-order valence-corrected chi connectivity index (χ2v) is 7.66. The number of H-pyrrole nitrogens is 1. The number of aromatic amines is 1. The van der Waals surface area contributed by atoms with Crippen LogP contribution in [-0.2, 0) is 5.75 Å². The lowest BCUT2D eigenvalue weighted by atomic mass is 10.1. The predicted octanol–water partition coefficient (Wildman–Crippen LogP) is 3.96. The minimum absolute atomic E-state index is 0.132. The van der Waals surface area contributed by atoms with Crippen LogP contribution >= 0.6 is 11.8 Å². The molecule has 2 aromatic carbocycles. The molecule has 29 heavy (non-hydrogen) atoms. The van der Waals surface area contributed by atoms with E-state index in [1.165, 1.54) is 6.33 Å². The first kappa shape index (κ1) is 18.9. The topological polar surface area (TPSA) is 86.8 Å². The van der Waals surface area contributed by atoms with Gasteiger partial charge in [-0.3, -0.25) is 9.89 Å². The average molecular weight is 404 g/mol. The van der Waals surface area contributed by atoms with Crippen LogP contribution in [0.25, 0.3) is 11.0 Å². The molecule has 1 amide bonds. The highest BCUT2D eigenvalue weighted by Gasteiger charge is 2.10. The molecule has 0 atom stereocenters. The van der Waals surface area contributed by atoms with E-state index in [1.807, 2.05) is 67.5 Å². The summed E-state index contributed by atoms with van der Waals surface area (Å²) < 4.78 is 0. The zero-order chi connectivity index (χ0) is 20.2. The van der Waals surface area contributed by atoms with Crippen LogP contribution in [-0.4, -0.2) is 40.2 Å². The molecule has 0 saturated heterocycles. The molecule has 0 radical (unpaired) electrons. The lowest BCUT2D eigenvalue weighted by Gasteiger charge is -2.14. The monoisotopic (exact) mass is 404 g/mol. The van der Waals surface area contributed by atoms with Crippen LogP contribution in [0.4, 0.5) is 11.4 Å². The van der Waals surface area contributed by atoms with Gasteiger partial charge in [0, 0.05) is 36.8 Å². The van der Waals surface area contributed by atoms with Gasteiger partial charge in [-0.15, -0.1) is 11.8 Å². The molecule has 8 heteroatoms. The van der Waals surface area contributed by atoms with Gasteiger partial charge in [-0.2, -0.15) is 5.10 Å². The van der Waals surface area contributed by atoms with E-state index in [0.29, 0.717) is 11.3 Å². The van der Waals surface area contributed by atoms with Crippen molar-refractivity contribution < 1.29 is 4.79 Å². The van der Waals surface area contributed by atoms with Crippen molar-refractivity contribution in [3.63, 3.8) is 0 Å². The predicted molar refractivity (Wildman–Crippen MR) is 116 cm³/mol. The number of aromatic nitrogens is 4. The number of fused-ring (bicyclic) bond motifs is 1. The highest BCUT2D eigenvalue weighted by molar-refractivity contribution is 7.98. The van der Waals surface area contributed by atoms with Gasteiger partial charge in [0.05, 0.1) is 11.6 Å². The van der Waals surface area contributed by atoms with E-state index in [-0.39, 0.29) is 5.91 Å². The van der Waals surface area contributed by atoms with E-state index in [0.717, 1.165) is 33.0 Å². The molecule has 2 N–H and O–H groups in total. The number of nitrogens with zero attached hydrogens (tertiary/aromatic N) is 4.